The number of halogens is 1. The van der Waals surface area contributed by atoms with Crippen molar-refractivity contribution in [1.82, 2.24) is 0 Å². The summed E-state index contributed by atoms with van der Waals surface area (Å²) in [7, 11) is 0. The van der Waals surface area contributed by atoms with Gasteiger partial charge in [-0.2, -0.15) is 11.3 Å². The van der Waals surface area contributed by atoms with Gasteiger partial charge in [0.1, 0.15) is 12.4 Å². The molecule has 0 spiro atoms. The summed E-state index contributed by atoms with van der Waals surface area (Å²) in [5.74, 6) is 1.01. The van der Waals surface area contributed by atoms with Crippen molar-refractivity contribution >= 4 is 43.3 Å². The first-order valence-electron chi connectivity index (χ1n) is 4.99. The molecule has 0 N–H and O–H groups in total. The van der Waals surface area contributed by atoms with E-state index in [0.717, 1.165) is 5.76 Å². The Morgan fingerprint density at radius 1 is 1.19 bits per heavy atom. The molecule has 1 aliphatic heterocycles. The second-order valence-corrected chi connectivity index (χ2v) is 5.46. The van der Waals surface area contributed by atoms with E-state index in [-0.39, 0.29) is 0 Å². The zero-order chi connectivity index (χ0) is 11.0. The van der Waals surface area contributed by atoms with Crippen molar-refractivity contribution in [3.8, 4) is 0 Å². The average Bonchev–Trinajstić information content (AvgIpc) is 2.83. The first-order chi connectivity index (χ1) is 7.86. The van der Waals surface area contributed by atoms with Crippen molar-refractivity contribution in [2.75, 3.05) is 0 Å². The van der Waals surface area contributed by atoms with E-state index in [2.05, 4.69) is 63.7 Å². The molecule has 0 saturated carbocycles. The lowest BCUT2D eigenvalue weighted by atomic mass is 10.0. The Morgan fingerprint density at radius 3 is 2.88 bits per heavy atom. The van der Waals surface area contributed by atoms with Gasteiger partial charge in [-0.3, -0.25) is 0 Å². The molecule has 0 fully saturated rings. The molecule has 1 nitrogen and oxygen atoms in total. The van der Waals surface area contributed by atoms with Gasteiger partial charge in [0.25, 0.3) is 0 Å². The standard InChI is InChI=1S/C13H9IOS/c14-12-11-4-2-1-3-9(11)7-15-13(12)10-5-6-16-8-10/h1-6,8H,7H2. The van der Waals surface area contributed by atoms with Crippen molar-refractivity contribution in [2.24, 2.45) is 0 Å². The molecule has 0 saturated heterocycles. The van der Waals surface area contributed by atoms with Gasteiger partial charge in [0.15, 0.2) is 0 Å². The lowest BCUT2D eigenvalue weighted by molar-refractivity contribution is 0.262. The predicted molar refractivity (Wildman–Crippen MR) is 76.4 cm³/mol. The summed E-state index contributed by atoms with van der Waals surface area (Å²) in [5, 5.41) is 4.21. The topological polar surface area (TPSA) is 9.23 Å². The molecule has 2 aromatic rings. The normalized spacial score (nSPS) is 14.6. The van der Waals surface area contributed by atoms with Crippen LogP contribution < -0.4 is 0 Å². The Kier molecular flexibility index (Phi) is 2.73. The number of hydrogen-bond acceptors (Lipinski definition) is 2. The summed E-state index contributed by atoms with van der Waals surface area (Å²) >= 11 is 4.07. The van der Waals surface area contributed by atoms with Crippen LogP contribution in [0.4, 0.5) is 0 Å². The van der Waals surface area contributed by atoms with E-state index >= 15 is 0 Å². The van der Waals surface area contributed by atoms with Gasteiger partial charge in [-0.25, -0.2) is 0 Å². The highest BCUT2D eigenvalue weighted by molar-refractivity contribution is 14.1. The molecule has 2 heterocycles. The monoisotopic (exact) mass is 340 g/mol. The van der Waals surface area contributed by atoms with Crippen LogP contribution in [0.3, 0.4) is 0 Å². The molecule has 1 aromatic heterocycles. The van der Waals surface area contributed by atoms with E-state index in [1.54, 1.807) is 11.3 Å². The first-order valence-corrected chi connectivity index (χ1v) is 7.02. The molecule has 0 unspecified atom stereocenters. The van der Waals surface area contributed by atoms with Crippen LogP contribution in [0, 0.1) is 0 Å². The van der Waals surface area contributed by atoms with E-state index in [4.69, 9.17) is 4.74 Å². The van der Waals surface area contributed by atoms with Crippen LogP contribution in [0.15, 0.2) is 41.1 Å². The Morgan fingerprint density at radius 2 is 2.06 bits per heavy atom. The van der Waals surface area contributed by atoms with Gasteiger partial charge in [-0.05, 0) is 45.2 Å². The second-order valence-electron chi connectivity index (χ2n) is 3.60. The average molecular weight is 340 g/mol. The summed E-state index contributed by atoms with van der Waals surface area (Å²) in [6.07, 6.45) is 0. The zero-order valence-electron chi connectivity index (χ0n) is 8.44. The molecule has 1 aliphatic rings. The third-order valence-electron chi connectivity index (χ3n) is 2.61. The zero-order valence-corrected chi connectivity index (χ0v) is 11.4. The number of fused-ring (bicyclic) bond motifs is 1. The summed E-state index contributed by atoms with van der Waals surface area (Å²) in [5.41, 5.74) is 3.75. The molecule has 80 valence electrons. The number of hydrogen-bond donors (Lipinski definition) is 0. The quantitative estimate of drug-likeness (QED) is 0.693. The van der Waals surface area contributed by atoms with Crippen molar-refractivity contribution in [3.05, 3.63) is 57.8 Å². The smallest absolute Gasteiger partial charge is 0.141 e. The lowest BCUT2D eigenvalue weighted by Gasteiger charge is -2.20. The minimum atomic E-state index is 0.674. The first kappa shape index (κ1) is 10.4. The largest absolute Gasteiger partial charge is 0.487 e. The number of ether oxygens (including phenoxy) is 1. The fourth-order valence-electron chi connectivity index (χ4n) is 1.80. The molecular formula is C13H9IOS. The van der Waals surface area contributed by atoms with E-state index < -0.39 is 0 Å². The third kappa shape index (κ3) is 1.68. The highest BCUT2D eigenvalue weighted by Gasteiger charge is 2.19. The number of benzene rings is 1. The van der Waals surface area contributed by atoms with Crippen molar-refractivity contribution < 1.29 is 4.74 Å². The van der Waals surface area contributed by atoms with E-state index in [0.29, 0.717) is 6.61 Å². The van der Waals surface area contributed by atoms with E-state index in [1.807, 2.05) is 0 Å². The SMILES string of the molecule is IC1=C(c2ccsc2)OCc2ccccc21. The van der Waals surface area contributed by atoms with Gasteiger partial charge >= 0.3 is 0 Å². The van der Waals surface area contributed by atoms with Crippen molar-refractivity contribution in [3.63, 3.8) is 0 Å². The maximum Gasteiger partial charge on any atom is 0.141 e. The van der Waals surface area contributed by atoms with Crippen molar-refractivity contribution in [1.29, 1.82) is 0 Å². The molecule has 0 aliphatic carbocycles. The summed E-state index contributed by atoms with van der Waals surface area (Å²) in [4.78, 5) is 0. The molecule has 3 rings (SSSR count). The maximum absolute atomic E-state index is 5.84. The van der Waals surface area contributed by atoms with E-state index in [1.165, 1.54) is 20.3 Å². The van der Waals surface area contributed by atoms with Crippen LogP contribution in [0.1, 0.15) is 16.7 Å². The molecule has 0 atom stereocenters. The molecular weight excluding hydrogens is 331 g/mol. The van der Waals surface area contributed by atoms with Gasteiger partial charge < -0.3 is 4.74 Å². The van der Waals surface area contributed by atoms with Gasteiger partial charge in [-0.1, -0.05) is 24.3 Å². The molecule has 16 heavy (non-hydrogen) atoms. The fourth-order valence-corrected chi connectivity index (χ4v) is 3.43. The Bertz CT molecular complexity index is 543. The van der Waals surface area contributed by atoms with Gasteiger partial charge in [0.05, 0.1) is 3.58 Å². The number of rotatable bonds is 1. The van der Waals surface area contributed by atoms with Crippen LogP contribution in [-0.4, -0.2) is 0 Å². The molecule has 1 aromatic carbocycles. The second kappa shape index (κ2) is 4.22. The molecule has 0 bridgehead atoms. The maximum atomic E-state index is 5.84. The third-order valence-corrected chi connectivity index (χ3v) is 4.36. The fraction of sp³-hybridized carbons (Fsp3) is 0.0769. The summed E-state index contributed by atoms with van der Waals surface area (Å²) in [6.45, 7) is 0.674. The minimum Gasteiger partial charge on any atom is -0.487 e. The van der Waals surface area contributed by atoms with E-state index in [9.17, 15) is 0 Å². The lowest BCUT2D eigenvalue weighted by Crippen LogP contribution is -2.03. The Balaban J connectivity index is 2.16. The van der Waals surface area contributed by atoms with Crippen LogP contribution in [0.25, 0.3) is 9.34 Å². The van der Waals surface area contributed by atoms with Crippen LogP contribution in [-0.2, 0) is 11.3 Å². The Hall–Kier alpha value is -0.810. The molecule has 3 heteroatoms. The van der Waals surface area contributed by atoms with Gasteiger partial charge in [0, 0.05) is 10.9 Å². The van der Waals surface area contributed by atoms with Gasteiger partial charge in [-0.15, -0.1) is 0 Å². The van der Waals surface area contributed by atoms with Gasteiger partial charge in [0.2, 0.25) is 0 Å². The highest BCUT2D eigenvalue weighted by Crippen LogP contribution is 2.39. The van der Waals surface area contributed by atoms with Crippen molar-refractivity contribution in [2.45, 2.75) is 6.61 Å². The van der Waals surface area contributed by atoms with Crippen LogP contribution in [0.2, 0.25) is 0 Å². The minimum absolute atomic E-state index is 0.674. The number of thiophene rings is 1. The highest BCUT2D eigenvalue weighted by atomic mass is 127. The summed E-state index contributed by atoms with van der Waals surface area (Å²) < 4.78 is 7.05. The molecule has 0 radical (unpaired) electrons. The predicted octanol–water partition coefficient (Wildman–Crippen LogP) is 4.54. The van der Waals surface area contributed by atoms with Crippen LogP contribution in [0.5, 0.6) is 0 Å². The summed E-state index contributed by atoms with van der Waals surface area (Å²) in [6, 6.07) is 10.5. The Labute approximate surface area is 112 Å². The van der Waals surface area contributed by atoms with Crippen LogP contribution >= 0.6 is 33.9 Å². The molecule has 0 amide bonds.